The highest BCUT2D eigenvalue weighted by atomic mass is 19.2. The van der Waals surface area contributed by atoms with Gasteiger partial charge in [0.25, 0.3) is 0 Å². The first-order valence-corrected chi connectivity index (χ1v) is 6.00. The van der Waals surface area contributed by atoms with Crippen LogP contribution < -0.4 is 10.6 Å². The second-order valence-electron chi connectivity index (χ2n) is 4.98. The third-order valence-electron chi connectivity index (χ3n) is 3.57. The molecule has 2 N–H and O–H groups in total. The van der Waals surface area contributed by atoms with Crippen LogP contribution in [0, 0.1) is 11.6 Å². The Hall–Kier alpha value is -1.36. The van der Waals surface area contributed by atoms with E-state index in [-0.39, 0.29) is 17.0 Å². The molecule has 1 unspecified atom stereocenters. The molecule has 0 bridgehead atoms. The first-order valence-electron chi connectivity index (χ1n) is 6.00. The number of hydrogen-bond donors (Lipinski definition) is 1. The summed E-state index contributed by atoms with van der Waals surface area (Å²) in [6, 6.07) is 2.44. The maximum Gasteiger partial charge on any atom is 0.184 e. The van der Waals surface area contributed by atoms with Crippen molar-refractivity contribution in [2.24, 2.45) is 0 Å². The van der Waals surface area contributed by atoms with Crippen molar-refractivity contribution in [1.29, 1.82) is 0 Å². The molecule has 0 saturated carbocycles. The third kappa shape index (κ3) is 2.27. The summed E-state index contributed by atoms with van der Waals surface area (Å²) in [6.45, 7) is 3.13. The molecule has 1 saturated heterocycles. The molecule has 1 aromatic rings. The van der Waals surface area contributed by atoms with Crippen LogP contribution in [0.1, 0.15) is 19.8 Å². The van der Waals surface area contributed by atoms with Crippen LogP contribution in [0.2, 0.25) is 0 Å². The topological polar surface area (TPSA) is 38.5 Å². The molecule has 3 nitrogen and oxygen atoms in total. The lowest BCUT2D eigenvalue weighted by molar-refractivity contribution is -0.00476. The average Bonchev–Trinajstić information content (AvgIpc) is 2.35. The number of piperidine rings is 1. The molecule has 1 atom stereocenters. The quantitative estimate of drug-likeness (QED) is 0.826. The molecule has 0 amide bonds. The van der Waals surface area contributed by atoms with E-state index in [0.29, 0.717) is 13.1 Å². The third-order valence-corrected chi connectivity index (χ3v) is 3.57. The first kappa shape index (κ1) is 13.1. The molecule has 0 aliphatic carbocycles. The van der Waals surface area contributed by atoms with Gasteiger partial charge in [-0.25, -0.2) is 8.78 Å². The van der Waals surface area contributed by atoms with E-state index in [1.165, 1.54) is 6.07 Å². The Morgan fingerprint density at radius 1 is 1.39 bits per heavy atom. The van der Waals surface area contributed by atoms with E-state index in [4.69, 9.17) is 10.5 Å². The van der Waals surface area contributed by atoms with E-state index in [9.17, 15) is 8.78 Å². The van der Waals surface area contributed by atoms with Gasteiger partial charge in [0, 0.05) is 20.2 Å². The maximum atomic E-state index is 13.9. The van der Waals surface area contributed by atoms with E-state index in [2.05, 4.69) is 0 Å². The maximum absolute atomic E-state index is 13.9. The van der Waals surface area contributed by atoms with Crippen molar-refractivity contribution in [2.75, 3.05) is 30.8 Å². The minimum absolute atomic E-state index is 0.151. The molecular weight excluding hydrogens is 238 g/mol. The predicted molar refractivity (Wildman–Crippen MR) is 67.6 cm³/mol. The van der Waals surface area contributed by atoms with E-state index < -0.39 is 11.6 Å². The zero-order chi connectivity index (χ0) is 13.3. The van der Waals surface area contributed by atoms with Crippen molar-refractivity contribution >= 4 is 11.4 Å². The fraction of sp³-hybridized carbons (Fsp3) is 0.538. The summed E-state index contributed by atoms with van der Waals surface area (Å²) in [6.07, 6.45) is 1.76. The molecule has 18 heavy (non-hydrogen) atoms. The van der Waals surface area contributed by atoms with Crippen LogP contribution in [0.15, 0.2) is 12.1 Å². The van der Waals surface area contributed by atoms with Crippen LogP contribution in [-0.4, -0.2) is 25.8 Å². The Balaban J connectivity index is 2.34. The number of halogens is 2. The van der Waals surface area contributed by atoms with Gasteiger partial charge in [0.05, 0.1) is 17.0 Å². The first-order chi connectivity index (χ1) is 8.47. The lowest BCUT2D eigenvalue weighted by Crippen LogP contribution is -2.48. The summed E-state index contributed by atoms with van der Waals surface area (Å²) in [5.74, 6) is -1.75. The number of methoxy groups -OCH3 is 1. The molecule has 1 aromatic carbocycles. The number of ether oxygens (including phenoxy) is 1. The van der Waals surface area contributed by atoms with Crippen molar-refractivity contribution in [2.45, 2.75) is 25.4 Å². The lowest BCUT2D eigenvalue weighted by atomic mass is 9.94. The van der Waals surface area contributed by atoms with Gasteiger partial charge in [-0.3, -0.25) is 0 Å². The average molecular weight is 256 g/mol. The smallest absolute Gasteiger partial charge is 0.184 e. The highest BCUT2D eigenvalue weighted by Crippen LogP contribution is 2.34. The Labute approximate surface area is 106 Å². The van der Waals surface area contributed by atoms with E-state index >= 15 is 0 Å². The molecule has 0 aromatic heterocycles. The summed E-state index contributed by atoms with van der Waals surface area (Å²) in [5.41, 5.74) is 5.83. The van der Waals surface area contributed by atoms with Crippen LogP contribution in [0.25, 0.3) is 0 Å². The van der Waals surface area contributed by atoms with E-state index in [1.807, 2.05) is 6.92 Å². The van der Waals surface area contributed by atoms with Gasteiger partial charge in [0.1, 0.15) is 0 Å². The molecule has 5 heteroatoms. The zero-order valence-electron chi connectivity index (χ0n) is 10.7. The van der Waals surface area contributed by atoms with Crippen molar-refractivity contribution in [3.8, 4) is 0 Å². The minimum atomic E-state index is -0.879. The minimum Gasteiger partial charge on any atom is -0.397 e. The molecule has 0 radical (unpaired) electrons. The molecule has 1 aliphatic heterocycles. The number of hydrogen-bond acceptors (Lipinski definition) is 3. The van der Waals surface area contributed by atoms with Crippen LogP contribution in [0.5, 0.6) is 0 Å². The second-order valence-corrected chi connectivity index (χ2v) is 4.98. The summed E-state index contributed by atoms with van der Waals surface area (Å²) in [5, 5.41) is 0. The van der Waals surface area contributed by atoms with Gasteiger partial charge in [-0.15, -0.1) is 0 Å². The molecule has 2 rings (SSSR count). The van der Waals surface area contributed by atoms with Crippen molar-refractivity contribution in [3.63, 3.8) is 0 Å². The number of nitrogens with two attached hydrogens (primary N) is 1. The van der Waals surface area contributed by atoms with Crippen molar-refractivity contribution in [3.05, 3.63) is 23.8 Å². The Bertz CT molecular complexity index is 453. The Kier molecular flexibility index (Phi) is 3.43. The normalized spacial score (nSPS) is 24.3. The van der Waals surface area contributed by atoms with Gasteiger partial charge in [0.2, 0.25) is 0 Å². The highest BCUT2D eigenvalue weighted by Gasteiger charge is 2.33. The predicted octanol–water partition coefficient (Wildman–Crippen LogP) is 2.55. The van der Waals surface area contributed by atoms with E-state index in [1.54, 1.807) is 12.0 Å². The second kappa shape index (κ2) is 4.72. The van der Waals surface area contributed by atoms with Crippen LogP contribution in [0.3, 0.4) is 0 Å². The van der Waals surface area contributed by atoms with Crippen LogP contribution >= 0.6 is 0 Å². The highest BCUT2D eigenvalue weighted by molar-refractivity contribution is 5.68. The van der Waals surface area contributed by atoms with Gasteiger partial charge < -0.3 is 15.4 Å². The summed E-state index contributed by atoms with van der Waals surface area (Å²) >= 11 is 0. The zero-order valence-corrected chi connectivity index (χ0v) is 10.7. The fourth-order valence-corrected chi connectivity index (χ4v) is 2.44. The Morgan fingerprint density at radius 3 is 2.78 bits per heavy atom. The van der Waals surface area contributed by atoms with Crippen LogP contribution in [0.4, 0.5) is 20.2 Å². The number of benzene rings is 1. The SMILES string of the molecule is COC1(C)CCCN(c2c(N)ccc(F)c2F)C1. The fourth-order valence-electron chi connectivity index (χ4n) is 2.44. The standard InChI is InChI=1S/C13H18F2N2O/c1-13(18-2)6-3-7-17(8-13)12-10(16)5-4-9(14)11(12)15/h4-5H,3,6-8,16H2,1-2H3. The molecular formula is C13H18F2N2O. The summed E-state index contributed by atoms with van der Waals surface area (Å²) in [4.78, 5) is 1.76. The lowest BCUT2D eigenvalue weighted by Gasteiger charge is -2.41. The molecule has 1 fully saturated rings. The Morgan fingerprint density at radius 2 is 2.11 bits per heavy atom. The van der Waals surface area contributed by atoms with Gasteiger partial charge >= 0.3 is 0 Å². The molecule has 0 spiro atoms. The largest absolute Gasteiger partial charge is 0.397 e. The van der Waals surface area contributed by atoms with Gasteiger partial charge in [-0.2, -0.15) is 0 Å². The molecule has 100 valence electrons. The number of nitrogens with zero attached hydrogens (tertiary/aromatic N) is 1. The monoisotopic (exact) mass is 256 g/mol. The van der Waals surface area contributed by atoms with Gasteiger partial charge in [-0.1, -0.05) is 0 Å². The van der Waals surface area contributed by atoms with Crippen molar-refractivity contribution < 1.29 is 13.5 Å². The summed E-state index contributed by atoms with van der Waals surface area (Å²) < 4.78 is 32.6. The molecule has 1 aliphatic rings. The molecule has 1 heterocycles. The van der Waals surface area contributed by atoms with Gasteiger partial charge in [0.15, 0.2) is 11.6 Å². The number of rotatable bonds is 2. The van der Waals surface area contributed by atoms with E-state index in [0.717, 1.165) is 18.9 Å². The van der Waals surface area contributed by atoms with Crippen LogP contribution in [-0.2, 0) is 4.74 Å². The summed E-state index contributed by atoms with van der Waals surface area (Å²) in [7, 11) is 1.63. The van der Waals surface area contributed by atoms with Gasteiger partial charge in [-0.05, 0) is 31.9 Å². The number of anilines is 2. The number of nitrogen functional groups attached to an aromatic ring is 1. The van der Waals surface area contributed by atoms with Crippen molar-refractivity contribution in [1.82, 2.24) is 0 Å².